The predicted molar refractivity (Wildman–Crippen MR) is 229 cm³/mol. The molecule has 0 aliphatic carbocycles. The molecule has 6 nitrogen and oxygen atoms in total. The van der Waals surface area contributed by atoms with Gasteiger partial charge in [0.25, 0.3) is 0 Å². The molecule has 316 valence electrons. The summed E-state index contributed by atoms with van der Waals surface area (Å²) in [6, 6.07) is 0. The molecule has 54 heavy (non-hydrogen) atoms. The van der Waals surface area contributed by atoms with Crippen LogP contribution in [-0.2, 0) is 28.6 Å². The summed E-state index contributed by atoms with van der Waals surface area (Å²) in [5.74, 6) is -0.241. The van der Waals surface area contributed by atoms with Gasteiger partial charge < -0.3 is 14.2 Å². The zero-order valence-electron chi connectivity index (χ0n) is 36.2. The molecule has 0 aromatic rings. The third kappa shape index (κ3) is 41.1. The molecule has 0 aromatic heterocycles. The lowest BCUT2D eigenvalue weighted by molar-refractivity contribution is -0.167. The Labute approximate surface area is 334 Å². The average Bonchev–Trinajstić information content (AvgIpc) is 3.15. The van der Waals surface area contributed by atoms with Crippen molar-refractivity contribution in [2.75, 3.05) is 13.2 Å². The van der Waals surface area contributed by atoms with E-state index in [4.69, 9.17) is 14.2 Å². The van der Waals surface area contributed by atoms with E-state index in [9.17, 15) is 14.4 Å². The summed E-state index contributed by atoms with van der Waals surface area (Å²) in [6.07, 6.45) is 44.9. The molecule has 0 fully saturated rings. The van der Waals surface area contributed by atoms with Gasteiger partial charge in [0.1, 0.15) is 13.2 Å². The average molecular weight is 761 g/mol. The number of hydrogen-bond donors (Lipinski definition) is 0. The van der Waals surface area contributed by atoms with Crippen molar-refractivity contribution in [3.05, 3.63) is 24.3 Å². The molecule has 0 spiro atoms. The highest BCUT2D eigenvalue weighted by molar-refractivity contribution is 5.71. The van der Waals surface area contributed by atoms with Gasteiger partial charge >= 0.3 is 17.9 Å². The molecular formula is C48H88O6. The van der Waals surface area contributed by atoms with E-state index in [-0.39, 0.29) is 31.1 Å². The fourth-order valence-corrected chi connectivity index (χ4v) is 6.56. The van der Waals surface area contributed by atoms with Gasteiger partial charge in [0.15, 0.2) is 6.10 Å². The van der Waals surface area contributed by atoms with Crippen LogP contribution in [0.25, 0.3) is 0 Å². The van der Waals surface area contributed by atoms with Gasteiger partial charge in [0, 0.05) is 19.3 Å². The number of rotatable bonds is 41. The second-order valence-electron chi connectivity index (χ2n) is 16.1. The molecule has 0 heterocycles. The lowest BCUT2D eigenvalue weighted by Gasteiger charge is -2.18. The van der Waals surface area contributed by atoms with E-state index in [1.54, 1.807) is 0 Å². The molecule has 0 saturated carbocycles. The number of esters is 3. The SMILES string of the molecule is CCCCCCCC/C=C\CCCCCCCC(=O)OCC(COC(=O)CCCCCC(C)C)OC(=O)CCCCCCC/C=C\CCCCCCCC. The summed E-state index contributed by atoms with van der Waals surface area (Å²) in [5.41, 5.74) is 0. The minimum atomic E-state index is -0.774. The topological polar surface area (TPSA) is 78.9 Å². The predicted octanol–water partition coefficient (Wildman–Crippen LogP) is 14.7. The Hall–Kier alpha value is -2.11. The molecule has 1 unspecified atom stereocenters. The van der Waals surface area contributed by atoms with Crippen molar-refractivity contribution in [3.63, 3.8) is 0 Å². The van der Waals surface area contributed by atoms with Crippen LogP contribution in [0.5, 0.6) is 0 Å². The maximum atomic E-state index is 12.7. The molecule has 0 N–H and O–H groups in total. The first kappa shape index (κ1) is 51.9. The Kier molecular flexibility index (Phi) is 40.4. The number of carbonyl (C=O) groups is 3. The molecule has 1 atom stereocenters. The van der Waals surface area contributed by atoms with Crippen LogP contribution in [0.3, 0.4) is 0 Å². The molecule has 0 aliphatic rings. The van der Waals surface area contributed by atoms with Gasteiger partial charge in [-0.25, -0.2) is 0 Å². The van der Waals surface area contributed by atoms with Crippen LogP contribution < -0.4 is 0 Å². The highest BCUT2D eigenvalue weighted by Gasteiger charge is 2.19. The molecule has 0 aromatic carbocycles. The molecule has 0 radical (unpaired) electrons. The van der Waals surface area contributed by atoms with E-state index in [0.29, 0.717) is 25.2 Å². The van der Waals surface area contributed by atoms with E-state index in [2.05, 4.69) is 52.0 Å². The van der Waals surface area contributed by atoms with Gasteiger partial charge in [-0.15, -0.1) is 0 Å². The molecule has 0 rings (SSSR count). The Balaban J connectivity index is 4.28. The number of carbonyl (C=O) groups excluding carboxylic acids is 3. The standard InChI is InChI=1S/C48H88O6/c1-5-7-9-11-13-15-17-19-21-23-25-27-29-31-35-39-46(49)52-42-45(43-53-47(50)40-37-33-34-38-44(3)4)54-48(51)41-36-32-30-28-26-24-22-20-18-16-14-12-10-8-6-2/h19-22,44-45H,5-18,23-43H2,1-4H3/b21-19-,22-20-. The molecular weight excluding hydrogens is 673 g/mol. The summed E-state index contributed by atoms with van der Waals surface area (Å²) >= 11 is 0. The molecule has 6 heteroatoms. The maximum Gasteiger partial charge on any atom is 0.306 e. The van der Waals surface area contributed by atoms with E-state index in [0.717, 1.165) is 77.0 Å². The second kappa shape index (κ2) is 42.0. The molecule has 0 saturated heterocycles. The second-order valence-corrected chi connectivity index (χ2v) is 16.1. The van der Waals surface area contributed by atoms with Crippen molar-refractivity contribution in [3.8, 4) is 0 Å². The fourth-order valence-electron chi connectivity index (χ4n) is 6.56. The Morgan fingerprint density at radius 2 is 0.722 bits per heavy atom. The maximum absolute atomic E-state index is 12.7. The first-order valence-electron chi connectivity index (χ1n) is 23.2. The van der Waals surface area contributed by atoms with Crippen LogP contribution in [0.15, 0.2) is 24.3 Å². The highest BCUT2D eigenvalue weighted by Crippen LogP contribution is 2.14. The van der Waals surface area contributed by atoms with Crippen LogP contribution in [0, 0.1) is 5.92 Å². The largest absolute Gasteiger partial charge is 0.462 e. The minimum Gasteiger partial charge on any atom is -0.462 e. The zero-order valence-corrected chi connectivity index (χ0v) is 36.2. The van der Waals surface area contributed by atoms with Gasteiger partial charge in [0.05, 0.1) is 0 Å². The summed E-state index contributed by atoms with van der Waals surface area (Å²) in [6.45, 7) is 8.77. The summed E-state index contributed by atoms with van der Waals surface area (Å²) in [4.78, 5) is 37.6. The minimum absolute atomic E-state index is 0.0797. The highest BCUT2D eigenvalue weighted by atomic mass is 16.6. The van der Waals surface area contributed by atoms with Crippen molar-refractivity contribution >= 4 is 17.9 Å². The van der Waals surface area contributed by atoms with Crippen LogP contribution in [0.2, 0.25) is 0 Å². The summed E-state index contributed by atoms with van der Waals surface area (Å²) in [7, 11) is 0. The van der Waals surface area contributed by atoms with Crippen molar-refractivity contribution in [1.29, 1.82) is 0 Å². The first-order chi connectivity index (χ1) is 26.4. The van der Waals surface area contributed by atoms with Gasteiger partial charge in [-0.1, -0.05) is 174 Å². The van der Waals surface area contributed by atoms with Crippen LogP contribution >= 0.6 is 0 Å². The normalized spacial score (nSPS) is 12.2. The van der Waals surface area contributed by atoms with E-state index in [1.807, 2.05) is 0 Å². The number of allylic oxidation sites excluding steroid dienone is 4. The molecule has 0 amide bonds. The van der Waals surface area contributed by atoms with Gasteiger partial charge in [-0.2, -0.15) is 0 Å². The zero-order chi connectivity index (χ0) is 39.6. The van der Waals surface area contributed by atoms with Crippen LogP contribution in [-0.4, -0.2) is 37.2 Å². The lowest BCUT2D eigenvalue weighted by Crippen LogP contribution is -2.30. The van der Waals surface area contributed by atoms with E-state index < -0.39 is 6.10 Å². The van der Waals surface area contributed by atoms with Crippen molar-refractivity contribution in [2.24, 2.45) is 5.92 Å². The van der Waals surface area contributed by atoms with Gasteiger partial charge in [0.2, 0.25) is 0 Å². The smallest absolute Gasteiger partial charge is 0.306 e. The Bertz CT molecular complexity index is 894. The van der Waals surface area contributed by atoms with Crippen molar-refractivity contribution < 1.29 is 28.6 Å². The van der Waals surface area contributed by atoms with Crippen molar-refractivity contribution in [1.82, 2.24) is 0 Å². The number of ether oxygens (including phenoxy) is 3. The molecule has 0 aliphatic heterocycles. The number of hydrogen-bond acceptors (Lipinski definition) is 6. The quantitative estimate of drug-likeness (QED) is 0.0267. The molecule has 0 bridgehead atoms. The van der Waals surface area contributed by atoms with Crippen molar-refractivity contribution in [2.45, 2.75) is 246 Å². The Morgan fingerprint density at radius 1 is 0.407 bits per heavy atom. The van der Waals surface area contributed by atoms with E-state index >= 15 is 0 Å². The third-order valence-corrected chi connectivity index (χ3v) is 10.1. The Morgan fingerprint density at radius 3 is 1.09 bits per heavy atom. The first-order valence-corrected chi connectivity index (χ1v) is 23.2. The number of unbranched alkanes of at least 4 members (excludes halogenated alkanes) is 24. The third-order valence-electron chi connectivity index (χ3n) is 10.1. The van der Waals surface area contributed by atoms with Crippen LogP contribution in [0.4, 0.5) is 0 Å². The van der Waals surface area contributed by atoms with E-state index in [1.165, 1.54) is 116 Å². The van der Waals surface area contributed by atoms with Gasteiger partial charge in [-0.3, -0.25) is 14.4 Å². The van der Waals surface area contributed by atoms with Crippen LogP contribution in [0.1, 0.15) is 240 Å². The summed E-state index contributed by atoms with van der Waals surface area (Å²) < 4.78 is 16.6. The van der Waals surface area contributed by atoms with Gasteiger partial charge in [-0.05, 0) is 76.5 Å². The monoisotopic (exact) mass is 761 g/mol. The summed E-state index contributed by atoms with van der Waals surface area (Å²) in [5, 5.41) is 0. The fraction of sp³-hybridized carbons (Fsp3) is 0.854. The lowest BCUT2D eigenvalue weighted by atomic mass is 10.0.